The number of anilines is 1. The SMILES string of the molecule is Cc1cccc(CS(=O)(=O)Cc2cccc(N)c2Br)c1. The molecule has 2 N–H and O–H groups in total. The molecule has 0 heterocycles. The Bertz CT molecular complexity index is 726. The van der Waals surface area contributed by atoms with Crippen LogP contribution in [0.15, 0.2) is 46.9 Å². The summed E-state index contributed by atoms with van der Waals surface area (Å²) >= 11 is 3.34. The molecular formula is C15H16BrNO2S. The van der Waals surface area contributed by atoms with E-state index < -0.39 is 9.84 Å². The van der Waals surface area contributed by atoms with Gasteiger partial charge in [0, 0.05) is 10.2 Å². The van der Waals surface area contributed by atoms with Gasteiger partial charge < -0.3 is 5.73 Å². The van der Waals surface area contributed by atoms with Crippen molar-refractivity contribution in [3.05, 3.63) is 63.6 Å². The highest BCUT2D eigenvalue weighted by atomic mass is 79.9. The molecule has 5 heteroatoms. The van der Waals surface area contributed by atoms with Crippen molar-refractivity contribution >= 4 is 31.5 Å². The lowest BCUT2D eigenvalue weighted by atomic mass is 10.2. The molecule has 0 aliphatic rings. The first-order chi connectivity index (χ1) is 9.37. The maximum Gasteiger partial charge on any atom is 0.158 e. The number of nitrogen functional groups attached to an aromatic ring is 1. The third-order valence-electron chi connectivity index (χ3n) is 2.95. The number of hydrogen-bond acceptors (Lipinski definition) is 3. The topological polar surface area (TPSA) is 60.2 Å². The molecule has 0 saturated heterocycles. The van der Waals surface area contributed by atoms with Crippen LogP contribution in [0, 0.1) is 6.92 Å². The van der Waals surface area contributed by atoms with Gasteiger partial charge in [-0.3, -0.25) is 0 Å². The van der Waals surface area contributed by atoms with E-state index in [4.69, 9.17) is 5.73 Å². The van der Waals surface area contributed by atoms with Crippen molar-refractivity contribution in [2.75, 3.05) is 5.73 Å². The van der Waals surface area contributed by atoms with Gasteiger partial charge >= 0.3 is 0 Å². The zero-order valence-corrected chi connectivity index (χ0v) is 13.5. The summed E-state index contributed by atoms with van der Waals surface area (Å²) in [4.78, 5) is 0. The first kappa shape index (κ1) is 15.1. The predicted octanol–water partition coefficient (Wildman–Crippen LogP) is 3.45. The minimum Gasteiger partial charge on any atom is -0.398 e. The monoisotopic (exact) mass is 353 g/mol. The average Bonchev–Trinajstić information content (AvgIpc) is 2.34. The van der Waals surface area contributed by atoms with Crippen molar-refractivity contribution in [2.24, 2.45) is 0 Å². The molecule has 0 aliphatic heterocycles. The zero-order chi connectivity index (χ0) is 14.8. The highest BCUT2D eigenvalue weighted by Gasteiger charge is 2.16. The van der Waals surface area contributed by atoms with E-state index in [0.717, 1.165) is 11.1 Å². The lowest BCUT2D eigenvalue weighted by Gasteiger charge is -2.08. The number of sulfone groups is 1. The molecule has 0 saturated carbocycles. The quantitative estimate of drug-likeness (QED) is 0.856. The molecule has 20 heavy (non-hydrogen) atoms. The van der Waals surface area contributed by atoms with E-state index in [0.29, 0.717) is 15.7 Å². The van der Waals surface area contributed by atoms with Gasteiger partial charge in [-0.25, -0.2) is 8.42 Å². The normalized spacial score (nSPS) is 11.5. The first-order valence-corrected chi connectivity index (χ1v) is 8.78. The van der Waals surface area contributed by atoms with Crippen LogP contribution in [0.3, 0.4) is 0 Å². The van der Waals surface area contributed by atoms with Gasteiger partial charge in [0.05, 0.1) is 11.5 Å². The van der Waals surface area contributed by atoms with Crippen molar-refractivity contribution in [1.82, 2.24) is 0 Å². The van der Waals surface area contributed by atoms with Crippen molar-refractivity contribution in [3.8, 4) is 0 Å². The number of hydrogen-bond donors (Lipinski definition) is 1. The third-order valence-corrected chi connectivity index (χ3v) is 5.44. The van der Waals surface area contributed by atoms with Gasteiger partial charge in [-0.2, -0.15) is 0 Å². The minimum atomic E-state index is -3.23. The molecule has 3 nitrogen and oxygen atoms in total. The van der Waals surface area contributed by atoms with E-state index in [1.165, 1.54) is 0 Å². The van der Waals surface area contributed by atoms with Crippen LogP contribution in [0.1, 0.15) is 16.7 Å². The number of halogens is 1. The van der Waals surface area contributed by atoms with Gasteiger partial charge in [-0.1, -0.05) is 42.0 Å². The van der Waals surface area contributed by atoms with E-state index in [2.05, 4.69) is 15.9 Å². The van der Waals surface area contributed by atoms with Gasteiger partial charge in [0.25, 0.3) is 0 Å². The fraction of sp³-hybridized carbons (Fsp3) is 0.200. The summed E-state index contributed by atoms with van der Waals surface area (Å²) in [5.74, 6) is 0.0164. The molecule has 0 radical (unpaired) electrons. The number of benzene rings is 2. The van der Waals surface area contributed by atoms with E-state index in [9.17, 15) is 8.42 Å². The Morgan fingerprint density at radius 1 is 1.10 bits per heavy atom. The summed E-state index contributed by atoms with van der Waals surface area (Å²) in [7, 11) is -3.23. The molecule has 2 rings (SSSR count). The molecule has 0 atom stereocenters. The second kappa shape index (κ2) is 5.97. The van der Waals surface area contributed by atoms with Crippen LogP contribution in [0.2, 0.25) is 0 Å². The molecule has 0 aliphatic carbocycles. The van der Waals surface area contributed by atoms with E-state index in [1.54, 1.807) is 18.2 Å². The third kappa shape index (κ3) is 3.84. The van der Waals surface area contributed by atoms with Crippen LogP contribution in [-0.4, -0.2) is 8.42 Å². The molecule has 0 bridgehead atoms. The second-order valence-corrected chi connectivity index (χ2v) is 7.70. The van der Waals surface area contributed by atoms with Crippen LogP contribution in [0.25, 0.3) is 0 Å². The Hall–Kier alpha value is -1.33. The van der Waals surface area contributed by atoms with Gasteiger partial charge in [0.15, 0.2) is 9.84 Å². The molecule has 2 aromatic carbocycles. The maximum atomic E-state index is 12.3. The van der Waals surface area contributed by atoms with Gasteiger partial charge in [0.2, 0.25) is 0 Å². The standard InChI is InChI=1S/C15H16BrNO2S/c1-11-4-2-5-12(8-11)9-20(18,19)10-13-6-3-7-14(17)15(13)16/h2-8H,9-10,17H2,1H3. The van der Waals surface area contributed by atoms with Gasteiger partial charge in [0.1, 0.15) is 0 Å². The largest absolute Gasteiger partial charge is 0.398 e. The highest BCUT2D eigenvalue weighted by Crippen LogP contribution is 2.26. The Kier molecular flexibility index (Phi) is 4.50. The molecule has 0 amide bonds. The van der Waals surface area contributed by atoms with Crippen molar-refractivity contribution < 1.29 is 8.42 Å². The molecular weight excluding hydrogens is 338 g/mol. The van der Waals surface area contributed by atoms with Crippen LogP contribution in [-0.2, 0) is 21.3 Å². The summed E-state index contributed by atoms with van der Waals surface area (Å²) in [5.41, 5.74) is 8.88. The van der Waals surface area contributed by atoms with E-state index >= 15 is 0 Å². The number of nitrogens with two attached hydrogens (primary N) is 1. The molecule has 0 aromatic heterocycles. The summed E-state index contributed by atoms with van der Waals surface area (Å²) in [6.07, 6.45) is 0. The fourth-order valence-electron chi connectivity index (χ4n) is 2.05. The molecule has 0 unspecified atom stereocenters. The van der Waals surface area contributed by atoms with Crippen molar-refractivity contribution in [2.45, 2.75) is 18.4 Å². The van der Waals surface area contributed by atoms with Crippen LogP contribution in [0.4, 0.5) is 5.69 Å². The van der Waals surface area contributed by atoms with Crippen molar-refractivity contribution in [3.63, 3.8) is 0 Å². The fourth-order valence-corrected chi connectivity index (χ4v) is 4.15. The average molecular weight is 354 g/mol. The second-order valence-electron chi connectivity index (χ2n) is 4.84. The lowest BCUT2D eigenvalue weighted by molar-refractivity contribution is 0.594. The smallest absolute Gasteiger partial charge is 0.158 e. The summed E-state index contributed by atoms with van der Waals surface area (Å²) in [5, 5.41) is 0. The molecule has 106 valence electrons. The predicted molar refractivity (Wildman–Crippen MR) is 86.1 cm³/mol. The molecule has 2 aromatic rings. The summed E-state index contributed by atoms with van der Waals surface area (Å²) < 4.78 is 25.2. The lowest BCUT2D eigenvalue weighted by Crippen LogP contribution is -2.08. The summed E-state index contributed by atoms with van der Waals surface area (Å²) in [6.45, 7) is 1.95. The Balaban J connectivity index is 2.21. The van der Waals surface area contributed by atoms with E-state index in [1.807, 2.05) is 31.2 Å². The van der Waals surface area contributed by atoms with Crippen LogP contribution < -0.4 is 5.73 Å². The maximum absolute atomic E-state index is 12.3. The Morgan fingerprint density at radius 2 is 1.80 bits per heavy atom. The Morgan fingerprint density at radius 3 is 2.50 bits per heavy atom. The molecule has 0 spiro atoms. The van der Waals surface area contributed by atoms with Crippen molar-refractivity contribution in [1.29, 1.82) is 0 Å². The number of aryl methyl sites for hydroxylation is 1. The van der Waals surface area contributed by atoms with Gasteiger partial charge in [-0.05, 0) is 40.0 Å². The molecule has 0 fully saturated rings. The highest BCUT2D eigenvalue weighted by molar-refractivity contribution is 9.10. The zero-order valence-electron chi connectivity index (χ0n) is 11.1. The summed E-state index contributed by atoms with van der Waals surface area (Å²) in [6, 6.07) is 12.8. The minimum absolute atomic E-state index is 0.0213. The first-order valence-electron chi connectivity index (χ1n) is 6.16. The van der Waals surface area contributed by atoms with Crippen LogP contribution in [0.5, 0.6) is 0 Å². The Labute approximate surface area is 127 Å². The van der Waals surface area contributed by atoms with Crippen LogP contribution >= 0.6 is 15.9 Å². The van der Waals surface area contributed by atoms with E-state index in [-0.39, 0.29) is 11.5 Å². The van der Waals surface area contributed by atoms with Gasteiger partial charge in [-0.15, -0.1) is 0 Å². The number of rotatable bonds is 4.